The van der Waals surface area contributed by atoms with Crippen molar-refractivity contribution >= 4 is 11.8 Å². The molecule has 0 saturated heterocycles. The van der Waals surface area contributed by atoms with E-state index in [1.54, 1.807) is 7.11 Å². The van der Waals surface area contributed by atoms with Gasteiger partial charge in [0.1, 0.15) is 12.4 Å². The third kappa shape index (κ3) is 5.62. The number of benzene rings is 1. The maximum absolute atomic E-state index is 8.89. The van der Waals surface area contributed by atoms with Crippen molar-refractivity contribution in [3.05, 3.63) is 29.3 Å². The van der Waals surface area contributed by atoms with E-state index in [0.717, 1.165) is 35.6 Å². The molecule has 1 N–H and O–H groups in total. The Labute approximate surface area is 132 Å². The zero-order valence-electron chi connectivity index (χ0n) is 13.3. The highest BCUT2D eigenvalue weighted by Crippen LogP contribution is 2.20. The normalized spacial score (nSPS) is 11.9. The predicted octanol–water partition coefficient (Wildman–Crippen LogP) is 2.61. The van der Waals surface area contributed by atoms with E-state index in [1.807, 2.05) is 30.0 Å². The average Bonchev–Trinajstić information content (AvgIpc) is 2.51. The summed E-state index contributed by atoms with van der Waals surface area (Å²) in [4.78, 5) is 2.36. The second-order valence-corrected chi connectivity index (χ2v) is 5.83. The highest BCUT2D eigenvalue weighted by Gasteiger charge is 2.14. The first-order valence-electron chi connectivity index (χ1n) is 7.12. The number of aliphatic hydroxyl groups is 1. The largest absolute Gasteiger partial charge is 0.497 e. The highest BCUT2D eigenvalue weighted by atomic mass is 32.2. The average molecular weight is 307 g/mol. The number of methoxy groups -OCH3 is 1. The lowest BCUT2D eigenvalue weighted by Crippen LogP contribution is -2.32. The van der Waals surface area contributed by atoms with Crippen molar-refractivity contribution in [3.63, 3.8) is 0 Å². The molecule has 1 rings (SSSR count). The Balaban J connectivity index is 2.97. The van der Waals surface area contributed by atoms with Crippen LogP contribution in [-0.2, 0) is 6.54 Å². The van der Waals surface area contributed by atoms with Gasteiger partial charge in [0.2, 0.25) is 0 Å². The number of hydrogen-bond donors (Lipinski definition) is 1. The minimum absolute atomic E-state index is 0.120. The Morgan fingerprint density at radius 2 is 2.19 bits per heavy atom. The Morgan fingerprint density at radius 1 is 1.43 bits per heavy atom. The first-order valence-corrected chi connectivity index (χ1v) is 8.51. The third-order valence-electron chi connectivity index (χ3n) is 3.49. The smallest absolute Gasteiger partial charge is 0.119 e. The first-order chi connectivity index (χ1) is 10.2. The van der Waals surface area contributed by atoms with Crippen LogP contribution in [0.5, 0.6) is 5.75 Å². The Kier molecular flexibility index (Phi) is 8.29. The summed E-state index contributed by atoms with van der Waals surface area (Å²) < 4.78 is 5.31. The number of ether oxygens (including phenoxy) is 1. The summed E-state index contributed by atoms with van der Waals surface area (Å²) >= 11 is 1.87. The second kappa shape index (κ2) is 9.73. The van der Waals surface area contributed by atoms with E-state index in [1.165, 1.54) is 0 Å². The number of nitrogens with zero attached hydrogens (tertiary/aromatic N) is 1. The first kappa shape index (κ1) is 17.9. The molecule has 0 bridgehead atoms. The van der Waals surface area contributed by atoms with Crippen LogP contribution in [0.15, 0.2) is 18.2 Å². The van der Waals surface area contributed by atoms with Gasteiger partial charge in [0.05, 0.1) is 7.11 Å². The molecular formula is C17H25NO2S. The standard InChI is InChI=1S/C17H25NO2S/c1-5-16(13-21-4)18(2)12-15-11-17(20-3)9-8-14(15)7-6-10-19/h8-9,11,16,19H,5,10,12-13H2,1-4H3. The molecule has 0 saturated carbocycles. The fourth-order valence-electron chi connectivity index (χ4n) is 2.23. The van der Waals surface area contributed by atoms with E-state index in [9.17, 15) is 0 Å². The molecule has 0 amide bonds. The molecule has 3 nitrogen and oxygen atoms in total. The van der Waals surface area contributed by atoms with Crippen LogP contribution in [0.2, 0.25) is 0 Å². The van der Waals surface area contributed by atoms with Crippen LogP contribution < -0.4 is 4.74 Å². The van der Waals surface area contributed by atoms with Gasteiger partial charge >= 0.3 is 0 Å². The molecule has 116 valence electrons. The minimum Gasteiger partial charge on any atom is -0.497 e. The molecule has 1 atom stereocenters. The second-order valence-electron chi connectivity index (χ2n) is 4.92. The van der Waals surface area contributed by atoms with Gasteiger partial charge in [-0.25, -0.2) is 0 Å². The van der Waals surface area contributed by atoms with E-state index in [4.69, 9.17) is 9.84 Å². The molecule has 1 aromatic rings. The van der Waals surface area contributed by atoms with Crippen molar-refractivity contribution in [1.29, 1.82) is 0 Å². The van der Waals surface area contributed by atoms with Crippen molar-refractivity contribution in [1.82, 2.24) is 4.90 Å². The molecular weight excluding hydrogens is 282 g/mol. The summed E-state index contributed by atoms with van der Waals surface area (Å²) in [6.07, 6.45) is 3.26. The molecule has 21 heavy (non-hydrogen) atoms. The van der Waals surface area contributed by atoms with Crippen LogP contribution in [0.3, 0.4) is 0 Å². The molecule has 0 aromatic heterocycles. The summed E-state index contributed by atoms with van der Waals surface area (Å²) in [5.41, 5.74) is 2.09. The Morgan fingerprint density at radius 3 is 2.76 bits per heavy atom. The monoisotopic (exact) mass is 307 g/mol. The molecule has 4 heteroatoms. The van der Waals surface area contributed by atoms with Crippen LogP contribution in [0, 0.1) is 11.8 Å². The van der Waals surface area contributed by atoms with Gasteiger partial charge in [-0.1, -0.05) is 18.8 Å². The molecule has 1 unspecified atom stereocenters. The maximum Gasteiger partial charge on any atom is 0.119 e. The molecule has 1 aromatic carbocycles. The van der Waals surface area contributed by atoms with Crippen LogP contribution in [-0.4, -0.2) is 48.8 Å². The molecule has 0 radical (unpaired) electrons. The lowest BCUT2D eigenvalue weighted by molar-refractivity contribution is 0.247. The van der Waals surface area contributed by atoms with Crippen LogP contribution in [0.1, 0.15) is 24.5 Å². The van der Waals surface area contributed by atoms with Crippen LogP contribution >= 0.6 is 11.8 Å². The van der Waals surface area contributed by atoms with E-state index < -0.39 is 0 Å². The molecule has 0 fully saturated rings. The van der Waals surface area contributed by atoms with Crippen molar-refractivity contribution in [2.45, 2.75) is 25.9 Å². The van der Waals surface area contributed by atoms with Crippen LogP contribution in [0.4, 0.5) is 0 Å². The number of rotatable bonds is 7. The summed E-state index contributed by atoms with van der Waals surface area (Å²) in [7, 11) is 3.82. The SMILES string of the molecule is CCC(CSC)N(C)Cc1cc(OC)ccc1C#CCO. The molecule has 0 aliphatic rings. The van der Waals surface area contributed by atoms with E-state index in [0.29, 0.717) is 6.04 Å². The van der Waals surface area contributed by atoms with Gasteiger partial charge in [-0.15, -0.1) is 0 Å². The summed E-state index contributed by atoms with van der Waals surface area (Å²) in [5, 5.41) is 8.89. The number of hydrogen-bond acceptors (Lipinski definition) is 4. The van der Waals surface area contributed by atoms with Crippen molar-refractivity contribution in [2.24, 2.45) is 0 Å². The minimum atomic E-state index is -0.120. The van der Waals surface area contributed by atoms with E-state index in [-0.39, 0.29) is 6.61 Å². The predicted molar refractivity (Wildman–Crippen MR) is 90.9 cm³/mol. The van der Waals surface area contributed by atoms with Gasteiger partial charge in [0, 0.05) is 23.9 Å². The summed E-state index contributed by atoms with van der Waals surface area (Å²) in [6, 6.07) is 6.44. The van der Waals surface area contributed by atoms with Crippen molar-refractivity contribution in [3.8, 4) is 17.6 Å². The lowest BCUT2D eigenvalue weighted by atomic mass is 10.1. The zero-order chi connectivity index (χ0) is 15.7. The fraction of sp³-hybridized carbons (Fsp3) is 0.529. The van der Waals surface area contributed by atoms with Gasteiger partial charge in [0.25, 0.3) is 0 Å². The molecule has 0 spiro atoms. The highest BCUT2D eigenvalue weighted by molar-refractivity contribution is 7.98. The van der Waals surface area contributed by atoms with Gasteiger partial charge in [-0.05, 0) is 43.5 Å². The van der Waals surface area contributed by atoms with Gasteiger partial charge in [-0.3, -0.25) is 4.90 Å². The fourth-order valence-corrected chi connectivity index (χ4v) is 3.11. The van der Waals surface area contributed by atoms with Gasteiger partial charge in [0.15, 0.2) is 0 Å². The molecule has 0 heterocycles. The van der Waals surface area contributed by atoms with Gasteiger partial charge in [-0.2, -0.15) is 11.8 Å². The number of thioether (sulfide) groups is 1. The van der Waals surface area contributed by atoms with E-state index in [2.05, 4.69) is 37.0 Å². The quantitative estimate of drug-likeness (QED) is 0.785. The van der Waals surface area contributed by atoms with E-state index >= 15 is 0 Å². The summed E-state index contributed by atoms with van der Waals surface area (Å²) in [5.74, 6) is 7.71. The van der Waals surface area contributed by atoms with Gasteiger partial charge < -0.3 is 9.84 Å². The molecule has 0 aliphatic heterocycles. The zero-order valence-corrected chi connectivity index (χ0v) is 14.2. The Hall–Kier alpha value is -1.15. The Bertz CT molecular complexity index is 493. The summed E-state index contributed by atoms with van der Waals surface area (Å²) in [6.45, 7) is 2.92. The topological polar surface area (TPSA) is 32.7 Å². The van der Waals surface area contributed by atoms with Crippen LogP contribution in [0.25, 0.3) is 0 Å². The third-order valence-corrected chi connectivity index (χ3v) is 4.21. The van der Waals surface area contributed by atoms with Crippen molar-refractivity contribution in [2.75, 3.05) is 32.8 Å². The van der Waals surface area contributed by atoms with Crippen molar-refractivity contribution < 1.29 is 9.84 Å². The maximum atomic E-state index is 8.89. The molecule has 0 aliphatic carbocycles. The number of aliphatic hydroxyl groups excluding tert-OH is 1. The lowest BCUT2D eigenvalue weighted by Gasteiger charge is -2.27.